The first-order chi connectivity index (χ1) is 67.4. The molecule has 0 unspecified atom stereocenters. The molecule has 135 heavy (non-hydrogen) atoms. The first-order valence-electron chi connectivity index (χ1n) is 22.3. The van der Waals surface area contributed by atoms with Gasteiger partial charge in [-0.05, 0) is 0 Å². The Morgan fingerprint density at radius 3 is 0.0815 bits per heavy atom. The highest BCUT2D eigenvalue weighted by Crippen LogP contribution is 1.54. The van der Waals surface area contributed by atoms with Crippen LogP contribution in [0, 0.1) is 0 Å². The van der Waals surface area contributed by atoms with Crippen molar-refractivity contribution in [1.29, 1.82) is 0 Å². The van der Waals surface area contributed by atoms with Gasteiger partial charge in [0.25, 0.3) is 0 Å². The number of rotatable bonds is 0. The van der Waals surface area contributed by atoms with Crippen LogP contribution < -0.4 is 0 Å². The monoisotopic (exact) mass is 4320 g/mol. The van der Waals surface area contributed by atoms with Crippen LogP contribution in [-0.4, -0.2) is 0 Å². The average Bonchev–Trinajstić information content (AvgIpc) is 1.14. The summed E-state index contributed by atoms with van der Waals surface area (Å²) in [6.45, 7) is 0. The molecule has 0 aromatic heterocycles. The maximum absolute atomic E-state index is 4.84. The predicted octanol–water partition coefficient (Wildman–Crippen LogP) is -0.324. The molecule has 0 amide bonds. The Bertz CT molecular complexity index is 10000. The lowest BCUT2D eigenvalue weighted by Gasteiger charge is -1.41. The molecule has 0 rings (SSSR count). The van der Waals surface area contributed by atoms with Crippen molar-refractivity contribution >= 4 is 1200 Å². The minimum atomic E-state index is 1.37. The Labute approximate surface area is 1160 Å². The van der Waals surface area contributed by atoms with Crippen molar-refractivity contribution in [2.75, 3.05) is 0 Å². The largest absolute Gasteiger partial charge is 0 e. The van der Waals surface area contributed by atoms with Crippen molar-refractivity contribution in [2.45, 2.75) is 0 Å². The van der Waals surface area contributed by atoms with E-state index in [1.54, 1.807) is 107 Å². The van der Waals surface area contributed by atoms with Gasteiger partial charge in [0.2, 0.25) is 0 Å². The molecule has 0 N–H and O–H groups in total. The Balaban J connectivity index is 6.21. The molecule has 0 spiro atoms. The van der Waals surface area contributed by atoms with Crippen LogP contribution in [0.2, 0.25) is 0 Å². The molecule has 0 heterocycles. The summed E-state index contributed by atoms with van der Waals surface area (Å²) in [4.78, 5) is 0. The maximum atomic E-state index is 4.84. The molecule has 0 saturated heterocycles. The fourth-order valence-electron chi connectivity index (χ4n) is 1.49. The van der Waals surface area contributed by atoms with E-state index in [9.17, 15) is 0 Å². The second-order valence-electron chi connectivity index (χ2n) is 9.05. The van der Waals surface area contributed by atoms with Gasteiger partial charge in [-0.3, -0.25) is 0 Å². The highest BCUT2D eigenvalue weighted by atomic mass is 33.6. The fraction of sp³-hybridized carbons (Fsp3) is 0. The van der Waals surface area contributed by atoms with Gasteiger partial charge in [0, 0.05) is 1200 Å². The topological polar surface area (TPSA) is 0 Å². The third-order valence-corrected chi connectivity index (χ3v) is 297. The van der Waals surface area contributed by atoms with Gasteiger partial charge in [0.05, 0.1) is 0 Å². The first-order valence-corrected chi connectivity index (χ1v) is 201. The van der Waals surface area contributed by atoms with Crippen molar-refractivity contribution in [3.8, 4) is 0 Å². The van der Waals surface area contributed by atoms with Crippen molar-refractivity contribution in [3.05, 3.63) is 0 Å². The highest BCUT2D eigenvalue weighted by Gasteiger charge is 1.54. The average molecular weight is 4330 g/mol. The van der Waals surface area contributed by atoms with Gasteiger partial charge >= 0.3 is 0 Å². The SMILES string of the molecule is S=S=S=S=S=S=S=S=S=S=S=S=S=S=S=S=S=S=S=S=S=S=S=S=S=S=S=S=S=S=S=S=S=S=S=S=S=S=S=S=S=S=S=S=S=S=S=S=S=S=S=S=S=S=S=S=S=S=S=S=S=S=S=S=S=S=S=S=S=S=S=S=S=S=S=S=S=S=S=S=S=S=S=S=S=S=S=S=S=S=S=S=S=S=S=S=S=S=S=S=S=S=S=S=S=S=S=S=S=S=S=S=S=S=S=S=S=S=S=S=S=S=S=S=S=S=S=S=S=S=S=S=S=S=S. The van der Waals surface area contributed by atoms with Crippen molar-refractivity contribution < 1.29 is 0 Å². The van der Waals surface area contributed by atoms with Crippen LogP contribution >= 0.6 is 0 Å². The van der Waals surface area contributed by atoms with E-state index in [1.165, 1.54) is 17.8 Å². The lowest BCUT2D eigenvalue weighted by molar-refractivity contribution is 5.95. The third-order valence-electron chi connectivity index (χ3n) is 3.67. The summed E-state index contributed by atoms with van der Waals surface area (Å²) in [6, 6.07) is 0. The van der Waals surface area contributed by atoms with Crippen LogP contribution in [0.5, 0.6) is 0 Å². The smallest absolute Gasteiger partial charge is 0 e. The van der Waals surface area contributed by atoms with Crippen LogP contribution in [0.3, 0.4) is 0 Å². The van der Waals surface area contributed by atoms with E-state index in [0.717, 1.165) is 0 Å². The molecule has 0 bridgehead atoms. The molecule has 0 fully saturated rings. The number of hydrogen-bond donors (Lipinski definition) is 0. The summed E-state index contributed by atoms with van der Waals surface area (Å²) < 4.78 is 0. The summed E-state index contributed by atoms with van der Waals surface area (Å²) in [5.41, 5.74) is 0. The molecule has 0 nitrogen and oxygen atoms in total. The number of hydrogen-bond acceptors (Lipinski definition) is 2. The molecular weight excluding hydrogens is 4330 g/mol. The van der Waals surface area contributed by atoms with Gasteiger partial charge in [-0.2, -0.15) is 0 Å². The van der Waals surface area contributed by atoms with Crippen molar-refractivity contribution in [2.24, 2.45) is 0 Å². The molecule has 0 aromatic carbocycles. The Morgan fingerprint density at radius 2 is 0.0593 bits per heavy atom. The molecule has 0 saturated carbocycles. The summed E-state index contributed by atoms with van der Waals surface area (Å²) >= 11 is 9.67. The van der Waals surface area contributed by atoms with Gasteiger partial charge in [0.15, 0.2) is 0 Å². The Hall–Kier alpha value is 29.7. The van der Waals surface area contributed by atoms with E-state index >= 15 is 0 Å². The van der Waals surface area contributed by atoms with E-state index in [4.69, 9.17) is 22.4 Å². The predicted molar refractivity (Wildman–Crippen MR) is 994 cm³/mol. The summed E-state index contributed by atoms with van der Waals surface area (Å²) in [5.74, 6) is 0. The molecule has 0 radical (unpaired) electrons. The Kier molecular flexibility index (Phi) is 200. The molecule has 135 heteroatoms. The molecular formula is S135. The molecule has 0 atom stereocenters. The molecule has 0 aromatic rings. The minimum absolute atomic E-state index is 1.37. The van der Waals surface area contributed by atoms with Crippen molar-refractivity contribution in [1.82, 2.24) is 0 Å². The van der Waals surface area contributed by atoms with Crippen LogP contribution in [-0.2, 0) is 1200 Å². The molecule has 810 valence electrons. The third kappa shape index (κ3) is 164. The Morgan fingerprint density at radius 1 is 0.0370 bits per heavy atom. The van der Waals surface area contributed by atoms with E-state index < -0.39 is 0 Å². The lowest BCUT2D eigenvalue weighted by atomic mass is 30.7. The van der Waals surface area contributed by atoms with E-state index in [2.05, 4.69) is 0 Å². The fourth-order valence-corrected chi connectivity index (χ4v) is 361. The minimum Gasteiger partial charge on any atom is 0 e. The molecule has 0 aliphatic rings. The highest BCUT2D eigenvalue weighted by molar-refractivity contribution is 8.91. The zero-order valence-corrected chi connectivity index (χ0v) is 165. The summed E-state index contributed by atoms with van der Waals surface area (Å²) in [6.07, 6.45) is 0. The van der Waals surface area contributed by atoms with Gasteiger partial charge in [-0.15, -0.1) is 0 Å². The second kappa shape index (κ2) is 164. The van der Waals surface area contributed by atoms with E-state index in [0.29, 0.717) is 0 Å². The zero-order valence-electron chi connectivity index (χ0n) is 55.1. The van der Waals surface area contributed by atoms with Crippen molar-refractivity contribution in [3.63, 3.8) is 0 Å². The van der Waals surface area contributed by atoms with Crippen LogP contribution in [0.15, 0.2) is 0 Å². The zero-order chi connectivity index (χ0) is 96.0. The van der Waals surface area contributed by atoms with Crippen LogP contribution in [0.1, 0.15) is 0 Å². The van der Waals surface area contributed by atoms with Gasteiger partial charge in [-0.25, -0.2) is 0 Å². The molecule has 0 aliphatic carbocycles. The van der Waals surface area contributed by atoms with E-state index in [1.807, 2.05) is 1060 Å². The summed E-state index contributed by atoms with van der Waals surface area (Å²) in [5, 5.41) is 0. The normalized spacial score (nSPS) is 7.91. The summed E-state index contributed by atoms with van der Waals surface area (Å²) in [7, 11) is 241. The lowest BCUT2D eigenvalue weighted by Crippen LogP contribution is -1.42. The van der Waals surface area contributed by atoms with Gasteiger partial charge in [-0.1, -0.05) is 0 Å². The van der Waals surface area contributed by atoms with Gasteiger partial charge in [0.1, 0.15) is 0 Å². The quantitative estimate of drug-likeness (QED) is 0.327. The van der Waals surface area contributed by atoms with Gasteiger partial charge < -0.3 is 0 Å². The van der Waals surface area contributed by atoms with Crippen LogP contribution in [0.25, 0.3) is 0 Å². The standard InChI is InChI=1S/S135/c1-3-5-7-9-11-13-15-17-19-21-23-25-27-29-31-33-35-37-39-41-43-45-47-49-51-53-55-57-59-61-63-65-67-69-71-73-75-77-79-81-83-85-87-89-91-93-95-97-99-101-103-105-107-109-111-113-115-117-119-121-123-125-127-129-131-133-135-134-132-130-128-126-124-122-120-118-116-114-112-110-108-106-104-102-100-98-96-94-92-90-88-86-84-82-80-78-76-74-72-70-68-66-64-62-60-58-56-54-52-50-48-46-44-42-40-38-36-34-32-30-28-26-24-22-20-18-16-14-12-10-8-6-4-2. The first kappa shape index (κ1) is 165. The van der Waals surface area contributed by atoms with E-state index in [-0.39, 0.29) is 0 Å². The maximum Gasteiger partial charge on any atom is 0 e. The van der Waals surface area contributed by atoms with Crippen LogP contribution in [0.4, 0.5) is 0 Å². The second-order valence-corrected chi connectivity index (χ2v) is 244. The molecule has 0 aliphatic heterocycles.